The number of nitrogens with two attached hydrogens (primary N) is 1. The minimum Gasteiger partial charge on any atom is -0.394 e. The molecule has 1 aliphatic rings. The quantitative estimate of drug-likeness (QED) is 0.733. The van der Waals surface area contributed by atoms with E-state index in [0.717, 1.165) is 11.1 Å². The summed E-state index contributed by atoms with van der Waals surface area (Å²) < 4.78 is 7.65. The lowest BCUT2D eigenvalue weighted by Gasteiger charge is -2.17. The fourth-order valence-electron chi connectivity index (χ4n) is 2.73. The molecule has 1 fully saturated rings. The van der Waals surface area contributed by atoms with Gasteiger partial charge in [-0.15, -0.1) is 0 Å². The van der Waals surface area contributed by atoms with Gasteiger partial charge in [0, 0.05) is 24.6 Å². The summed E-state index contributed by atoms with van der Waals surface area (Å²) in [4.78, 5) is 4.22. The molecule has 0 bridgehead atoms. The van der Waals surface area contributed by atoms with Gasteiger partial charge in [-0.25, -0.2) is 4.98 Å². The Bertz CT molecular complexity index is 735. The summed E-state index contributed by atoms with van der Waals surface area (Å²) in [6, 6.07) is 9.93. The summed E-state index contributed by atoms with van der Waals surface area (Å²) in [7, 11) is 0. The van der Waals surface area contributed by atoms with Crippen LogP contribution >= 0.6 is 12.2 Å². The lowest BCUT2D eigenvalue weighted by molar-refractivity contribution is -0.0453. The third kappa shape index (κ3) is 3.42. The molecule has 3 atom stereocenters. The van der Waals surface area contributed by atoms with Crippen molar-refractivity contribution in [2.24, 2.45) is 0 Å². The van der Waals surface area contributed by atoms with Crippen LogP contribution in [0.1, 0.15) is 23.8 Å². The molecule has 7 heteroatoms. The minimum absolute atomic E-state index is 0.232. The van der Waals surface area contributed by atoms with Crippen molar-refractivity contribution in [3.63, 3.8) is 0 Å². The third-order valence-corrected chi connectivity index (χ3v) is 4.29. The molecule has 6 nitrogen and oxygen atoms in total. The molecule has 0 unspecified atom stereocenters. The monoisotopic (exact) mass is 333 g/mol. The molecule has 1 aromatic heterocycles. The first-order chi connectivity index (χ1) is 11.1. The first-order valence-electron chi connectivity index (χ1n) is 7.44. The first kappa shape index (κ1) is 16.1. The van der Waals surface area contributed by atoms with E-state index in [4.69, 9.17) is 22.7 Å². The van der Waals surface area contributed by atoms with Gasteiger partial charge >= 0.3 is 0 Å². The molecule has 122 valence electrons. The molecule has 1 aromatic carbocycles. The number of nitrogen functional groups attached to an aromatic ring is 1. The third-order valence-electron chi connectivity index (χ3n) is 3.99. The van der Waals surface area contributed by atoms with Crippen molar-refractivity contribution < 1.29 is 14.9 Å². The molecule has 0 spiro atoms. The second kappa shape index (κ2) is 6.76. The summed E-state index contributed by atoms with van der Waals surface area (Å²) >= 11 is 5.26. The largest absolute Gasteiger partial charge is 0.394 e. The van der Waals surface area contributed by atoms with Crippen LogP contribution in [0.15, 0.2) is 36.5 Å². The molecular formula is C16H19N3O3S. The molecule has 4 N–H and O–H groups in total. The van der Waals surface area contributed by atoms with Crippen molar-refractivity contribution in [3.8, 4) is 0 Å². The number of benzene rings is 1. The van der Waals surface area contributed by atoms with Crippen molar-refractivity contribution in [2.45, 2.75) is 31.3 Å². The van der Waals surface area contributed by atoms with Crippen molar-refractivity contribution in [1.29, 1.82) is 0 Å². The Morgan fingerprint density at radius 2 is 2.09 bits per heavy atom. The molecule has 1 aliphatic heterocycles. The van der Waals surface area contributed by atoms with Gasteiger partial charge in [0.1, 0.15) is 18.1 Å². The molecule has 0 radical (unpaired) electrons. The van der Waals surface area contributed by atoms with Gasteiger partial charge in [-0.1, -0.05) is 30.3 Å². The Morgan fingerprint density at radius 3 is 2.74 bits per heavy atom. The summed E-state index contributed by atoms with van der Waals surface area (Å²) in [6.07, 6.45) is 1.05. The van der Waals surface area contributed by atoms with Gasteiger partial charge in [0.05, 0.1) is 12.7 Å². The topological polar surface area (TPSA) is 93.5 Å². The van der Waals surface area contributed by atoms with Crippen LogP contribution in [-0.2, 0) is 11.2 Å². The van der Waals surface area contributed by atoms with Crippen LogP contribution in [0.3, 0.4) is 0 Å². The Kier molecular flexibility index (Phi) is 4.72. The number of aliphatic hydroxyl groups excluding tert-OH is 2. The molecule has 0 amide bonds. The van der Waals surface area contributed by atoms with E-state index in [1.807, 2.05) is 36.5 Å². The zero-order valence-electron chi connectivity index (χ0n) is 12.5. The second-order valence-electron chi connectivity index (χ2n) is 5.62. The van der Waals surface area contributed by atoms with Crippen LogP contribution in [0.2, 0.25) is 0 Å². The van der Waals surface area contributed by atoms with Crippen LogP contribution in [0.5, 0.6) is 0 Å². The van der Waals surface area contributed by atoms with E-state index in [1.165, 1.54) is 0 Å². The Morgan fingerprint density at radius 1 is 1.35 bits per heavy atom. The SMILES string of the molecule is Nc1nc(=S)n([C@H]2C[C@@H](O)[C@H](CO)O2)cc1Cc1ccccc1. The molecule has 0 aliphatic carbocycles. The molecule has 2 aromatic rings. The van der Waals surface area contributed by atoms with Gasteiger partial charge < -0.3 is 20.7 Å². The molecule has 2 heterocycles. The number of aliphatic hydroxyl groups is 2. The van der Waals surface area contributed by atoms with E-state index in [2.05, 4.69) is 4.98 Å². The van der Waals surface area contributed by atoms with E-state index in [-0.39, 0.29) is 6.61 Å². The smallest absolute Gasteiger partial charge is 0.203 e. The standard InChI is InChI=1S/C16H19N3O3S/c17-15-11(6-10-4-2-1-3-5-10)8-19(16(23)18-15)14-7-12(21)13(9-20)22-14/h1-5,8,12-14,20-21H,6-7,9H2,(H2,17,18,23)/t12-,13+,14-/m1/s1. The summed E-state index contributed by atoms with van der Waals surface area (Å²) in [6.45, 7) is -0.232. The predicted octanol–water partition coefficient (Wildman–Crippen LogP) is 1.43. The van der Waals surface area contributed by atoms with E-state index < -0.39 is 18.4 Å². The van der Waals surface area contributed by atoms with Crippen LogP contribution in [-0.4, -0.2) is 38.6 Å². The van der Waals surface area contributed by atoms with Gasteiger partial charge in [0.15, 0.2) is 0 Å². The number of nitrogens with zero attached hydrogens (tertiary/aromatic N) is 2. The highest BCUT2D eigenvalue weighted by Gasteiger charge is 2.34. The van der Waals surface area contributed by atoms with Crippen molar-refractivity contribution in [1.82, 2.24) is 9.55 Å². The maximum atomic E-state index is 9.89. The summed E-state index contributed by atoms with van der Waals surface area (Å²) in [5.74, 6) is 0.396. The maximum Gasteiger partial charge on any atom is 0.203 e. The average molecular weight is 333 g/mol. The van der Waals surface area contributed by atoms with Gasteiger partial charge in [0.25, 0.3) is 0 Å². The number of ether oxygens (including phenoxy) is 1. The lowest BCUT2D eigenvalue weighted by atomic mass is 10.1. The molecular weight excluding hydrogens is 314 g/mol. The Labute approximate surface area is 139 Å². The Balaban J connectivity index is 1.90. The number of hydrogen-bond acceptors (Lipinski definition) is 6. The van der Waals surface area contributed by atoms with Gasteiger partial charge in [-0.3, -0.25) is 4.57 Å². The molecule has 1 saturated heterocycles. The van der Waals surface area contributed by atoms with Crippen molar-refractivity contribution in [3.05, 3.63) is 52.4 Å². The van der Waals surface area contributed by atoms with Crippen LogP contribution < -0.4 is 5.73 Å². The zero-order chi connectivity index (χ0) is 16.4. The summed E-state index contributed by atoms with van der Waals surface area (Å²) in [5, 5.41) is 19.1. The number of rotatable bonds is 4. The predicted molar refractivity (Wildman–Crippen MR) is 88.3 cm³/mol. The number of aromatic nitrogens is 2. The fourth-order valence-corrected chi connectivity index (χ4v) is 3.00. The maximum absolute atomic E-state index is 9.89. The van der Waals surface area contributed by atoms with Gasteiger partial charge in [-0.2, -0.15) is 0 Å². The van der Waals surface area contributed by atoms with Crippen molar-refractivity contribution >= 4 is 18.0 Å². The van der Waals surface area contributed by atoms with Crippen molar-refractivity contribution in [2.75, 3.05) is 12.3 Å². The second-order valence-corrected chi connectivity index (χ2v) is 5.98. The fraction of sp³-hybridized carbons (Fsp3) is 0.375. The van der Waals surface area contributed by atoms with E-state index in [0.29, 0.717) is 23.4 Å². The highest BCUT2D eigenvalue weighted by molar-refractivity contribution is 7.71. The zero-order valence-corrected chi connectivity index (χ0v) is 13.3. The summed E-state index contributed by atoms with van der Waals surface area (Å²) in [5.41, 5.74) is 7.96. The Hall–Kier alpha value is -1.80. The number of hydrogen-bond donors (Lipinski definition) is 3. The van der Waals surface area contributed by atoms with Crippen LogP contribution in [0, 0.1) is 4.77 Å². The molecule has 3 rings (SSSR count). The molecule has 23 heavy (non-hydrogen) atoms. The minimum atomic E-state index is -0.720. The highest BCUT2D eigenvalue weighted by Crippen LogP contribution is 2.29. The molecule has 0 saturated carbocycles. The van der Waals surface area contributed by atoms with Crippen LogP contribution in [0.4, 0.5) is 5.82 Å². The van der Waals surface area contributed by atoms with E-state index >= 15 is 0 Å². The number of anilines is 1. The highest BCUT2D eigenvalue weighted by atomic mass is 32.1. The van der Waals surface area contributed by atoms with E-state index in [9.17, 15) is 10.2 Å². The first-order valence-corrected chi connectivity index (χ1v) is 7.85. The normalized spacial score (nSPS) is 24.0. The van der Waals surface area contributed by atoms with Gasteiger partial charge in [0.2, 0.25) is 4.77 Å². The van der Waals surface area contributed by atoms with Gasteiger partial charge in [-0.05, 0) is 17.8 Å². The van der Waals surface area contributed by atoms with Crippen LogP contribution in [0.25, 0.3) is 0 Å². The van der Waals surface area contributed by atoms with E-state index in [1.54, 1.807) is 4.57 Å². The average Bonchev–Trinajstić information content (AvgIpc) is 2.91. The lowest BCUT2D eigenvalue weighted by Crippen LogP contribution is -2.24.